The van der Waals surface area contributed by atoms with Crippen molar-refractivity contribution < 1.29 is 19.4 Å². The first-order chi connectivity index (χ1) is 9.75. The van der Waals surface area contributed by atoms with Crippen molar-refractivity contribution in [2.45, 2.75) is 33.2 Å². The van der Waals surface area contributed by atoms with Crippen LogP contribution in [0.1, 0.15) is 23.9 Å². The lowest BCUT2D eigenvalue weighted by atomic mass is 9.85. The Balaban J connectivity index is 2.07. The van der Waals surface area contributed by atoms with E-state index in [-0.39, 0.29) is 25.5 Å². The molecule has 1 aliphatic heterocycles. The van der Waals surface area contributed by atoms with Gasteiger partial charge in [0.05, 0.1) is 31.4 Å². The highest BCUT2D eigenvalue weighted by Gasteiger charge is 2.47. The number of aliphatic carboxylic acids is 1. The average molecular weight is 295 g/mol. The number of nitrogens with zero attached hydrogens (tertiary/aromatic N) is 2. The Labute approximate surface area is 123 Å². The molecule has 7 nitrogen and oxygen atoms in total. The van der Waals surface area contributed by atoms with Gasteiger partial charge in [0.15, 0.2) is 0 Å². The van der Waals surface area contributed by atoms with E-state index in [0.717, 1.165) is 17.0 Å². The summed E-state index contributed by atoms with van der Waals surface area (Å²) >= 11 is 0. The van der Waals surface area contributed by atoms with E-state index in [9.17, 15) is 14.7 Å². The number of hydrogen-bond acceptors (Lipinski definition) is 4. The van der Waals surface area contributed by atoms with Crippen molar-refractivity contribution in [3.05, 3.63) is 17.0 Å². The summed E-state index contributed by atoms with van der Waals surface area (Å²) in [5.74, 6) is -1.17. The minimum absolute atomic E-state index is 0.109. The fourth-order valence-corrected chi connectivity index (χ4v) is 2.56. The lowest BCUT2D eigenvalue weighted by Crippen LogP contribution is -2.50. The van der Waals surface area contributed by atoms with Crippen LogP contribution >= 0.6 is 0 Å². The maximum absolute atomic E-state index is 12.2. The zero-order valence-corrected chi connectivity index (χ0v) is 12.8. The van der Waals surface area contributed by atoms with Gasteiger partial charge in [-0.05, 0) is 20.8 Å². The van der Waals surface area contributed by atoms with Gasteiger partial charge in [-0.1, -0.05) is 0 Å². The molecule has 116 valence electrons. The molecular formula is C14H21N3O4. The van der Waals surface area contributed by atoms with Crippen LogP contribution in [0.25, 0.3) is 0 Å². The predicted molar refractivity (Wildman–Crippen MR) is 74.9 cm³/mol. The molecule has 2 atom stereocenters. The number of carboxylic acids is 1. The highest BCUT2D eigenvalue weighted by Crippen LogP contribution is 2.28. The van der Waals surface area contributed by atoms with Gasteiger partial charge in [0.1, 0.15) is 5.41 Å². The molecule has 2 heterocycles. The minimum atomic E-state index is -1.07. The summed E-state index contributed by atoms with van der Waals surface area (Å²) in [6.45, 7) is 5.68. The van der Waals surface area contributed by atoms with Crippen LogP contribution in [0, 0.1) is 19.3 Å². The van der Waals surface area contributed by atoms with Crippen molar-refractivity contribution in [1.82, 2.24) is 15.1 Å². The number of carbonyl (C=O) groups excluding carboxylic acids is 1. The molecule has 1 aliphatic rings. The van der Waals surface area contributed by atoms with Crippen LogP contribution in [0.4, 0.5) is 0 Å². The van der Waals surface area contributed by atoms with Gasteiger partial charge >= 0.3 is 5.97 Å². The summed E-state index contributed by atoms with van der Waals surface area (Å²) in [4.78, 5) is 23.5. The number of carbonyl (C=O) groups is 2. The molecule has 1 aromatic rings. The fraction of sp³-hybridized carbons (Fsp3) is 0.643. The highest BCUT2D eigenvalue weighted by atomic mass is 16.5. The molecule has 0 bridgehead atoms. The summed E-state index contributed by atoms with van der Waals surface area (Å²) in [5.41, 5.74) is 1.56. The average Bonchev–Trinajstić information content (AvgIpc) is 2.87. The molecule has 21 heavy (non-hydrogen) atoms. The van der Waals surface area contributed by atoms with Crippen LogP contribution in [0.5, 0.6) is 0 Å². The smallest absolute Gasteiger partial charge is 0.313 e. The predicted octanol–water partition coefficient (Wildman–Crippen LogP) is 0.185. The van der Waals surface area contributed by atoms with Gasteiger partial charge in [0, 0.05) is 18.3 Å². The Morgan fingerprint density at radius 1 is 1.52 bits per heavy atom. The quantitative estimate of drug-likeness (QED) is 0.827. The van der Waals surface area contributed by atoms with E-state index in [1.165, 1.54) is 0 Å². The largest absolute Gasteiger partial charge is 0.481 e. The first-order valence-corrected chi connectivity index (χ1v) is 6.85. The van der Waals surface area contributed by atoms with E-state index < -0.39 is 17.4 Å². The van der Waals surface area contributed by atoms with Crippen molar-refractivity contribution in [1.29, 1.82) is 0 Å². The monoisotopic (exact) mass is 295 g/mol. The number of nitrogens with one attached hydrogen (secondary N) is 1. The van der Waals surface area contributed by atoms with Crippen molar-refractivity contribution in [2.75, 3.05) is 13.2 Å². The number of ether oxygens (including phenoxy) is 1. The highest BCUT2D eigenvalue weighted by molar-refractivity contribution is 5.82. The van der Waals surface area contributed by atoms with Crippen molar-refractivity contribution in [3.63, 3.8) is 0 Å². The Kier molecular flexibility index (Phi) is 4.04. The number of rotatable bonds is 4. The number of carboxylic acid groups (broad SMARTS) is 1. The second-order valence-corrected chi connectivity index (χ2v) is 5.81. The number of hydrogen-bond donors (Lipinski definition) is 2. The van der Waals surface area contributed by atoms with E-state index in [1.54, 1.807) is 11.6 Å². The lowest BCUT2D eigenvalue weighted by molar-refractivity contribution is -0.149. The second-order valence-electron chi connectivity index (χ2n) is 5.81. The molecule has 2 unspecified atom stereocenters. The molecule has 1 amide bonds. The van der Waals surface area contributed by atoms with Crippen LogP contribution in [-0.4, -0.2) is 46.0 Å². The summed E-state index contributed by atoms with van der Waals surface area (Å²) < 4.78 is 6.96. The summed E-state index contributed by atoms with van der Waals surface area (Å²) in [5, 5.41) is 16.3. The van der Waals surface area contributed by atoms with Gasteiger partial charge < -0.3 is 15.2 Å². The zero-order valence-electron chi connectivity index (χ0n) is 12.8. The Morgan fingerprint density at radius 2 is 2.19 bits per heavy atom. The molecule has 7 heteroatoms. The van der Waals surface area contributed by atoms with Crippen molar-refractivity contribution >= 4 is 11.9 Å². The molecule has 1 aromatic heterocycles. The van der Waals surface area contributed by atoms with Crippen LogP contribution in [0.15, 0.2) is 0 Å². The molecule has 1 fully saturated rings. The van der Waals surface area contributed by atoms with Crippen LogP contribution in [0.2, 0.25) is 0 Å². The second kappa shape index (κ2) is 5.48. The molecule has 2 rings (SSSR count). The summed E-state index contributed by atoms with van der Waals surface area (Å²) in [6, 6.07) is -0.514. The molecule has 0 spiro atoms. The van der Waals surface area contributed by atoms with Crippen molar-refractivity contribution in [2.24, 2.45) is 12.5 Å². The van der Waals surface area contributed by atoms with E-state index in [2.05, 4.69) is 10.4 Å². The van der Waals surface area contributed by atoms with E-state index in [1.807, 2.05) is 20.9 Å². The van der Waals surface area contributed by atoms with Gasteiger partial charge in [-0.25, -0.2) is 0 Å². The van der Waals surface area contributed by atoms with Gasteiger partial charge in [-0.15, -0.1) is 0 Å². The third kappa shape index (κ3) is 2.78. The number of amides is 1. The normalized spacial score (nSPS) is 25.0. The number of aromatic nitrogens is 2. The Hall–Kier alpha value is -1.89. The first-order valence-electron chi connectivity index (χ1n) is 6.85. The molecule has 0 aliphatic carbocycles. The van der Waals surface area contributed by atoms with Crippen LogP contribution < -0.4 is 5.32 Å². The standard InChI is InChI=1S/C14H21N3O4/c1-8-10(9(2)17(4)16-8)5-12(18)15-11-6-21-7-14(11,3)13(19)20/h11H,5-7H2,1-4H3,(H,15,18)(H,19,20). The van der Waals surface area contributed by atoms with Gasteiger partial charge in [0.25, 0.3) is 0 Å². The summed E-state index contributed by atoms with van der Waals surface area (Å²) in [7, 11) is 1.83. The Bertz CT molecular complexity index is 581. The van der Waals surface area contributed by atoms with Gasteiger partial charge in [0.2, 0.25) is 5.91 Å². The van der Waals surface area contributed by atoms with E-state index >= 15 is 0 Å². The maximum Gasteiger partial charge on any atom is 0.313 e. The maximum atomic E-state index is 12.2. The fourth-order valence-electron chi connectivity index (χ4n) is 2.56. The molecule has 0 radical (unpaired) electrons. The minimum Gasteiger partial charge on any atom is -0.481 e. The Morgan fingerprint density at radius 3 is 2.71 bits per heavy atom. The first kappa shape index (κ1) is 15.5. The van der Waals surface area contributed by atoms with Gasteiger partial charge in [-0.2, -0.15) is 5.10 Å². The molecule has 2 N–H and O–H groups in total. The zero-order chi connectivity index (χ0) is 15.8. The molecule has 0 aromatic carbocycles. The van der Waals surface area contributed by atoms with E-state index in [4.69, 9.17) is 4.74 Å². The third-order valence-corrected chi connectivity index (χ3v) is 4.28. The number of aryl methyl sites for hydroxylation is 2. The van der Waals surface area contributed by atoms with Crippen LogP contribution in [-0.2, 0) is 27.8 Å². The molecular weight excluding hydrogens is 274 g/mol. The van der Waals surface area contributed by atoms with Crippen LogP contribution in [0.3, 0.4) is 0 Å². The molecule has 0 saturated carbocycles. The summed E-state index contributed by atoms with van der Waals surface area (Å²) in [6.07, 6.45) is 0.192. The molecule has 1 saturated heterocycles. The third-order valence-electron chi connectivity index (χ3n) is 4.28. The lowest BCUT2D eigenvalue weighted by Gasteiger charge is -2.25. The SMILES string of the molecule is Cc1nn(C)c(C)c1CC(=O)NC1COCC1(C)C(=O)O. The van der Waals surface area contributed by atoms with E-state index in [0.29, 0.717) is 0 Å². The topological polar surface area (TPSA) is 93.5 Å². The van der Waals surface area contributed by atoms with Crippen molar-refractivity contribution in [3.8, 4) is 0 Å². The van der Waals surface area contributed by atoms with Gasteiger partial charge in [-0.3, -0.25) is 14.3 Å².